The lowest BCUT2D eigenvalue weighted by Crippen LogP contribution is -2.23. The molecule has 1 heterocycles. The smallest absolute Gasteiger partial charge is 0.267 e. The third-order valence-electron chi connectivity index (χ3n) is 3.19. The first-order valence-corrected chi connectivity index (χ1v) is 6.70. The van der Waals surface area contributed by atoms with E-state index < -0.39 is 11.6 Å². The minimum absolute atomic E-state index is 0.00812. The van der Waals surface area contributed by atoms with Gasteiger partial charge in [-0.25, -0.2) is 13.5 Å². The molecule has 22 heavy (non-hydrogen) atoms. The fraction of sp³-hybridized carbons (Fsp3) is 0.0588. The fourth-order valence-corrected chi connectivity index (χ4v) is 2.20. The van der Waals surface area contributed by atoms with E-state index in [9.17, 15) is 13.6 Å². The summed E-state index contributed by atoms with van der Waals surface area (Å²) in [7, 11) is 0. The van der Waals surface area contributed by atoms with Crippen LogP contribution in [0.1, 0.15) is 5.56 Å². The molecule has 0 atom stereocenters. The minimum Gasteiger partial charge on any atom is -0.268 e. The second kappa shape index (κ2) is 5.89. The zero-order valence-corrected chi connectivity index (χ0v) is 11.5. The normalized spacial score (nSPS) is 10.6. The lowest BCUT2D eigenvalue weighted by molar-refractivity contribution is 0.571. The molecule has 3 nitrogen and oxygen atoms in total. The predicted molar refractivity (Wildman–Crippen MR) is 79.4 cm³/mol. The van der Waals surface area contributed by atoms with E-state index in [2.05, 4.69) is 5.10 Å². The van der Waals surface area contributed by atoms with Gasteiger partial charge in [0, 0.05) is 17.7 Å². The Balaban J connectivity index is 1.98. The van der Waals surface area contributed by atoms with Crippen LogP contribution in [0.4, 0.5) is 8.78 Å². The molecule has 0 saturated carbocycles. The Labute approximate surface area is 125 Å². The molecule has 0 aliphatic heterocycles. The van der Waals surface area contributed by atoms with Crippen LogP contribution in [-0.4, -0.2) is 9.78 Å². The van der Waals surface area contributed by atoms with E-state index in [1.165, 1.54) is 22.9 Å². The molecule has 0 aliphatic carbocycles. The van der Waals surface area contributed by atoms with E-state index in [-0.39, 0.29) is 12.1 Å². The van der Waals surface area contributed by atoms with Crippen molar-refractivity contribution in [1.82, 2.24) is 9.78 Å². The standard InChI is InChI=1S/C17H12F2N2O/c18-14-8-12(9-15(19)10-14)11-21-17(22)7-6-16(20-21)13-4-2-1-3-5-13/h1-10H,11H2. The summed E-state index contributed by atoms with van der Waals surface area (Å²) in [5, 5.41) is 4.26. The van der Waals surface area contributed by atoms with E-state index in [1.54, 1.807) is 6.07 Å². The van der Waals surface area contributed by atoms with E-state index in [4.69, 9.17) is 0 Å². The van der Waals surface area contributed by atoms with Crippen molar-refractivity contribution in [1.29, 1.82) is 0 Å². The molecule has 0 radical (unpaired) electrons. The Morgan fingerprint density at radius 1 is 0.909 bits per heavy atom. The van der Waals surface area contributed by atoms with Crippen LogP contribution in [0.15, 0.2) is 65.5 Å². The summed E-state index contributed by atoms with van der Waals surface area (Å²) in [6.45, 7) is 0.00812. The maximum absolute atomic E-state index is 13.2. The van der Waals surface area contributed by atoms with Gasteiger partial charge in [-0.15, -0.1) is 0 Å². The van der Waals surface area contributed by atoms with E-state index >= 15 is 0 Å². The zero-order chi connectivity index (χ0) is 15.5. The van der Waals surface area contributed by atoms with Gasteiger partial charge in [-0.05, 0) is 23.8 Å². The second-order valence-electron chi connectivity index (χ2n) is 4.86. The molecule has 0 bridgehead atoms. The molecule has 3 rings (SSSR count). The average molecular weight is 298 g/mol. The molecule has 0 N–H and O–H groups in total. The van der Waals surface area contributed by atoms with Crippen molar-refractivity contribution in [2.45, 2.75) is 6.54 Å². The summed E-state index contributed by atoms with van der Waals surface area (Å²) in [4.78, 5) is 11.9. The molecule has 5 heteroatoms. The van der Waals surface area contributed by atoms with Crippen molar-refractivity contribution in [2.75, 3.05) is 0 Å². The highest BCUT2D eigenvalue weighted by Gasteiger charge is 2.06. The molecule has 0 spiro atoms. The molecule has 0 saturated heterocycles. The van der Waals surface area contributed by atoms with Crippen molar-refractivity contribution >= 4 is 0 Å². The van der Waals surface area contributed by atoms with Gasteiger partial charge in [-0.2, -0.15) is 5.10 Å². The monoisotopic (exact) mass is 298 g/mol. The van der Waals surface area contributed by atoms with Gasteiger partial charge < -0.3 is 0 Å². The third kappa shape index (κ3) is 3.09. The lowest BCUT2D eigenvalue weighted by atomic mass is 10.1. The number of rotatable bonds is 3. The SMILES string of the molecule is O=c1ccc(-c2ccccc2)nn1Cc1cc(F)cc(F)c1. The van der Waals surface area contributed by atoms with E-state index in [0.29, 0.717) is 11.3 Å². The molecular weight excluding hydrogens is 286 g/mol. The fourth-order valence-electron chi connectivity index (χ4n) is 2.20. The number of halogens is 2. The summed E-state index contributed by atoms with van der Waals surface area (Å²) >= 11 is 0. The Kier molecular flexibility index (Phi) is 3.78. The van der Waals surface area contributed by atoms with Crippen LogP contribution in [-0.2, 0) is 6.54 Å². The number of hydrogen-bond acceptors (Lipinski definition) is 2. The van der Waals surface area contributed by atoms with Crippen LogP contribution in [0.25, 0.3) is 11.3 Å². The van der Waals surface area contributed by atoms with Crippen molar-refractivity contribution in [3.63, 3.8) is 0 Å². The zero-order valence-electron chi connectivity index (χ0n) is 11.5. The Hall–Kier alpha value is -2.82. The highest BCUT2D eigenvalue weighted by Crippen LogP contribution is 2.14. The Morgan fingerprint density at radius 3 is 2.27 bits per heavy atom. The predicted octanol–water partition coefficient (Wildman–Crippen LogP) is 3.24. The Morgan fingerprint density at radius 2 is 1.59 bits per heavy atom. The molecular formula is C17H12F2N2O. The first-order valence-electron chi connectivity index (χ1n) is 6.70. The second-order valence-corrected chi connectivity index (χ2v) is 4.86. The van der Waals surface area contributed by atoms with Gasteiger partial charge in [0.25, 0.3) is 5.56 Å². The highest BCUT2D eigenvalue weighted by molar-refractivity contribution is 5.57. The minimum atomic E-state index is -0.678. The highest BCUT2D eigenvalue weighted by atomic mass is 19.1. The summed E-state index contributed by atoms with van der Waals surface area (Å²) < 4.78 is 27.6. The molecule has 0 aliphatic rings. The Bertz CT molecular complexity index is 840. The molecule has 3 aromatic rings. The van der Waals surface area contributed by atoms with Crippen molar-refractivity contribution in [2.24, 2.45) is 0 Å². The van der Waals surface area contributed by atoms with E-state index in [0.717, 1.165) is 11.6 Å². The molecule has 2 aromatic carbocycles. The summed E-state index contributed by atoms with van der Waals surface area (Å²) in [6.07, 6.45) is 0. The number of benzene rings is 2. The molecule has 0 amide bonds. The van der Waals surface area contributed by atoms with Crippen LogP contribution >= 0.6 is 0 Å². The first kappa shape index (κ1) is 14.1. The van der Waals surface area contributed by atoms with Gasteiger partial charge >= 0.3 is 0 Å². The van der Waals surface area contributed by atoms with Crippen LogP contribution in [0.3, 0.4) is 0 Å². The number of nitrogens with zero attached hydrogens (tertiary/aromatic N) is 2. The molecule has 0 fully saturated rings. The van der Waals surface area contributed by atoms with Gasteiger partial charge in [0.15, 0.2) is 0 Å². The average Bonchev–Trinajstić information content (AvgIpc) is 2.49. The largest absolute Gasteiger partial charge is 0.268 e. The van der Waals surface area contributed by atoms with Crippen LogP contribution in [0, 0.1) is 11.6 Å². The van der Waals surface area contributed by atoms with Crippen molar-refractivity contribution in [3.05, 3.63) is 88.2 Å². The van der Waals surface area contributed by atoms with Gasteiger partial charge in [-0.1, -0.05) is 30.3 Å². The molecule has 110 valence electrons. The van der Waals surface area contributed by atoms with Crippen molar-refractivity contribution < 1.29 is 8.78 Å². The van der Waals surface area contributed by atoms with Gasteiger partial charge in [0.1, 0.15) is 11.6 Å². The number of aromatic nitrogens is 2. The summed E-state index contributed by atoms with van der Waals surface area (Å²) in [5.74, 6) is -1.36. The van der Waals surface area contributed by atoms with E-state index in [1.807, 2.05) is 30.3 Å². The third-order valence-corrected chi connectivity index (χ3v) is 3.19. The van der Waals surface area contributed by atoms with Crippen LogP contribution < -0.4 is 5.56 Å². The summed E-state index contributed by atoms with van der Waals surface area (Å²) in [6, 6.07) is 15.6. The maximum atomic E-state index is 13.2. The summed E-state index contributed by atoms with van der Waals surface area (Å²) in [5.41, 5.74) is 1.50. The lowest BCUT2D eigenvalue weighted by Gasteiger charge is -2.07. The van der Waals surface area contributed by atoms with Gasteiger partial charge in [-0.3, -0.25) is 4.79 Å². The van der Waals surface area contributed by atoms with Gasteiger partial charge in [0.2, 0.25) is 0 Å². The molecule has 1 aromatic heterocycles. The topological polar surface area (TPSA) is 34.9 Å². The van der Waals surface area contributed by atoms with Crippen LogP contribution in [0.5, 0.6) is 0 Å². The van der Waals surface area contributed by atoms with Crippen molar-refractivity contribution in [3.8, 4) is 11.3 Å². The first-order chi connectivity index (χ1) is 10.6. The van der Waals surface area contributed by atoms with Gasteiger partial charge in [0.05, 0.1) is 12.2 Å². The molecule has 0 unspecified atom stereocenters. The van der Waals surface area contributed by atoms with Crippen LogP contribution in [0.2, 0.25) is 0 Å². The quantitative estimate of drug-likeness (QED) is 0.744. The maximum Gasteiger partial charge on any atom is 0.267 e. The number of hydrogen-bond donors (Lipinski definition) is 0.